The zero-order valence-electron chi connectivity index (χ0n) is 9.28. The summed E-state index contributed by atoms with van der Waals surface area (Å²) in [7, 11) is -3.67. The summed E-state index contributed by atoms with van der Waals surface area (Å²) in [6, 6.07) is 9.49. The van der Waals surface area contributed by atoms with Gasteiger partial charge in [-0.2, -0.15) is 8.42 Å². The van der Waals surface area contributed by atoms with E-state index in [2.05, 4.69) is 5.73 Å². The first-order chi connectivity index (χ1) is 7.66. The first-order valence-electron chi connectivity index (χ1n) is 4.31. The Kier molecular flexibility index (Phi) is 10.00. The highest BCUT2D eigenvalue weighted by Crippen LogP contribution is 1.95. The van der Waals surface area contributed by atoms with Crippen molar-refractivity contribution in [3.63, 3.8) is 0 Å². The fourth-order valence-electron chi connectivity index (χ4n) is 0.453. The molecule has 0 atom stereocenters. The number of nitrogen functional groups attached to an aromatic ring is 1. The van der Waals surface area contributed by atoms with E-state index >= 15 is 0 Å². The molecule has 1 aromatic carbocycles. The molecule has 0 fully saturated rings. The molecule has 0 bridgehead atoms. The van der Waals surface area contributed by atoms with Gasteiger partial charge < -0.3 is 16.6 Å². The van der Waals surface area contributed by atoms with Crippen molar-refractivity contribution in [1.29, 1.82) is 0 Å². The molecule has 0 aliphatic carbocycles. The lowest BCUT2D eigenvalue weighted by molar-refractivity contribution is -0.135. The van der Waals surface area contributed by atoms with Crippen molar-refractivity contribution in [3.05, 3.63) is 30.3 Å². The number of carboxylic acid groups (broad SMARTS) is 1. The van der Waals surface area contributed by atoms with Crippen LogP contribution in [-0.2, 0) is 14.9 Å². The van der Waals surface area contributed by atoms with E-state index in [1.54, 1.807) is 0 Å². The zero-order valence-corrected chi connectivity index (χ0v) is 10.1. The maximum absolute atomic E-state index is 9.24. The summed E-state index contributed by atoms with van der Waals surface area (Å²) in [6.45, 7) is -0.278. The van der Waals surface area contributed by atoms with Gasteiger partial charge in [0.2, 0.25) is 0 Å². The summed E-state index contributed by atoms with van der Waals surface area (Å²) < 4.78 is 25.9. The molecule has 17 heavy (non-hydrogen) atoms. The van der Waals surface area contributed by atoms with E-state index in [9.17, 15) is 13.2 Å². The average Bonchev–Trinajstić information content (AvgIpc) is 2.17. The van der Waals surface area contributed by atoms with Gasteiger partial charge in [-0.05, 0) is 12.1 Å². The lowest BCUT2D eigenvalue weighted by atomic mass is 10.3. The van der Waals surface area contributed by atoms with Crippen LogP contribution in [0.25, 0.3) is 0 Å². The van der Waals surface area contributed by atoms with Crippen LogP contribution in [0, 0.1) is 0 Å². The third-order valence-corrected chi connectivity index (χ3v) is 0.974. The van der Waals surface area contributed by atoms with E-state index in [1.807, 2.05) is 30.3 Å². The van der Waals surface area contributed by atoms with Crippen LogP contribution in [0.5, 0.6) is 0 Å². The number of para-hydroxylation sites is 1. The summed E-state index contributed by atoms with van der Waals surface area (Å²) in [5.41, 5.74) is 10.8. The number of rotatable bonds is 1. The predicted molar refractivity (Wildman–Crippen MR) is 65.0 cm³/mol. The van der Waals surface area contributed by atoms with Crippen LogP contribution in [0.15, 0.2) is 30.3 Å². The van der Waals surface area contributed by atoms with Gasteiger partial charge in [0, 0.05) is 5.69 Å². The molecule has 8 heteroatoms. The van der Waals surface area contributed by atoms with E-state index in [1.165, 1.54) is 0 Å². The first-order valence-corrected chi connectivity index (χ1v) is 6.16. The number of aliphatic carboxylic acids is 1. The molecule has 0 saturated heterocycles. The topological polar surface area (TPSA) is 144 Å². The Morgan fingerprint density at radius 2 is 1.59 bits per heavy atom. The van der Waals surface area contributed by atoms with E-state index in [0.29, 0.717) is 6.26 Å². The second-order valence-electron chi connectivity index (χ2n) is 2.74. The fourth-order valence-corrected chi connectivity index (χ4v) is 0.453. The second kappa shape index (κ2) is 9.58. The molecule has 0 radical (unpaired) electrons. The van der Waals surface area contributed by atoms with E-state index in [4.69, 9.17) is 15.4 Å². The summed E-state index contributed by atoms with van der Waals surface area (Å²) in [5, 5.41) is 7.60. The summed E-state index contributed by atoms with van der Waals surface area (Å²) in [4.78, 5) is 9.24. The molecule has 0 spiro atoms. The molecule has 1 aromatic rings. The molecular weight excluding hydrogens is 248 g/mol. The Hall–Kier alpha value is -1.64. The lowest BCUT2D eigenvalue weighted by Gasteiger charge is -1.83. The second-order valence-corrected chi connectivity index (χ2v) is 4.21. The Balaban J connectivity index is 0. The van der Waals surface area contributed by atoms with Crippen LogP contribution in [-0.4, -0.2) is 36.8 Å². The molecule has 1 rings (SSSR count). The number of benzene rings is 1. The van der Waals surface area contributed by atoms with Crippen LogP contribution in [0.4, 0.5) is 5.69 Å². The Bertz CT molecular complexity index is 397. The van der Waals surface area contributed by atoms with Gasteiger partial charge in [0.25, 0.3) is 10.1 Å². The van der Waals surface area contributed by atoms with Gasteiger partial charge in [0.1, 0.15) is 0 Å². The number of hydrogen-bond donors (Lipinski definition) is 4. The van der Waals surface area contributed by atoms with E-state index in [0.717, 1.165) is 5.69 Å². The van der Waals surface area contributed by atoms with Gasteiger partial charge in [-0.15, -0.1) is 0 Å². The van der Waals surface area contributed by atoms with Crippen molar-refractivity contribution < 1.29 is 22.9 Å². The van der Waals surface area contributed by atoms with Gasteiger partial charge in [0.05, 0.1) is 12.8 Å². The molecule has 0 heterocycles. The number of anilines is 1. The molecule has 6 N–H and O–H groups in total. The highest BCUT2D eigenvalue weighted by Gasteiger charge is 1.81. The van der Waals surface area contributed by atoms with Crippen LogP contribution in [0.1, 0.15) is 0 Å². The maximum Gasteiger partial charge on any atom is 0.317 e. The monoisotopic (exact) mass is 264 g/mol. The molecule has 0 aliphatic heterocycles. The summed E-state index contributed by atoms with van der Waals surface area (Å²) in [6.07, 6.45) is 0.715. The maximum atomic E-state index is 9.24. The molecule has 0 unspecified atom stereocenters. The molecule has 7 nitrogen and oxygen atoms in total. The third-order valence-electron chi connectivity index (χ3n) is 0.974. The smallest absolute Gasteiger partial charge is 0.317 e. The Morgan fingerprint density at radius 3 is 1.71 bits per heavy atom. The minimum atomic E-state index is -3.67. The Morgan fingerprint density at radius 1 is 1.29 bits per heavy atom. The van der Waals surface area contributed by atoms with Gasteiger partial charge in [-0.25, -0.2) is 0 Å². The molecule has 0 aromatic heterocycles. The Labute approximate surface area is 99.8 Å². The number of carboxylic acids is 1. The predicted octanol–water partition coefficient (Wildman–Crippen LogP) is -0.197. The SMILES string of the molecule is CS(=O)(=O)O.NCC(=O)O.Nc1ccccc1. The normalized spacial score (nSPS) is 9.12. The first kappa shape index (κ1) is 17.7. The average molecular weight is 264 g/mol. The number of hydrogen-bond acceptors (Lipinski definition) is 5. The minimum absolute atomic E-state index is 0.278. The van der Waals surface area contributed by atoms with Crippen molar-refractivity contribution in [2.24, 2.45) is 5.73 Å². The van der Waals surface area contributed by atoms with Crippen molar-refractivity contribution in [2.75, 3.05) is 18.5 Å². The van der Waals surface area contributed by atoms with Gasteiger partial charge in [-0.1, -0.05) is 18.2 Å². The highest BCUT2D eigenvalue weighted by molar-refractivity contribution is 7.85. The number of carbonyl (C=O) groups is 1. The summed E-state index contributed by atoms with van der Waals surface area (Å²) in [5.74, 6) is -0.968. The highest BCUT2D eigenvalue weighted by atomic mass is 32.2. The van der Waals surface area contributed by atoms with Crippen LogP contribution in [0.2, 0.25) is 0 Å². The van der Waals surface area contributed by atoms with Crippen LogP contribution < -0.4 is 11.5 Å². The van der Waals surface area contributed by atoms with Crippen LogP contribution in [0.3, 0.4) is 0 Å². The standard InChI is InChI=1S/C6H7N.C2H5NO2.CH4O3S/c7-6-4-2-1-3-5-6;3-1-2(4)5;1-5(2,3)4/h1-5H,7H2;1,3H2,(H,4,5);1H3,(H,2,3,4). The molecular formula is C9H16N2O5S. The van der Waals surface area contributed by atoms with Gasteiger partial charge >= 0.3 is 5.97 Å². The van der Waals surface area contributed by atoms with Crippen molar-refractivity contribution in [1.82, 2.24) is 0 Å². The van der Waals surface area contributed by atoms with Crippen molar-refractivity contribution in [3.8, 4) is 0 Å². The van der Waals surface area contributed by atoms with E-state index < -0.39 is 16.1 Å². The number of nitrogens with two attached hydrogens (primary N) is 2. The molecule has 0 saturated carbocycles. The largest absolute Gasteiger partial charge is 0.480 e. The van der Waals surface area contributed by atoms with Gasteiger partial charge in [-0.3, -0.25) is 9.35 Å². The summed E-state index contributed by atoms with van der Waals surface area (Å²) >= 11 is 0. The molecule has 98 valence electrons. The van der Waals surface area contributed by atoms with E-state index in [-0.39, 0.29) is 6.54 Å². The third kappa shape index (κ3) is 31.4. The van der Waals surface area contributed by atoms with Crippen LogP contribution >= 0.6 is 0 Å². The van der Waals surface area contributed by atoms with Crippen molar-refractivity contribution in [2.45, 2.75) is 0 Å². The van der Waals surface area contributed by atoms with Crippen molar-refractivity contribution >= 4 is 21.8 Å². The molecule has 0 amide bonds. The quantitative estimate of drug-likeness (QED) is 0.406. The fraction of sp³-hybridized carbons (Fsp3) is 0.222. The van der Waals surface area contributed by atoms with Gasteiger partial charge in [0.15, 0.2) is 0 Å². The lowest BCUT2D eigenvalue weighted by Crippen LogP contribution is -2.10. The molecule has 0 aliphatic rings. The minimum Gasteiger partial charge on any atom is -0.480 e. The zero-order chi connectivity index (χ0) is 13.9.